The first-order valence-corrected chi connectivity index (χ1v) is 4.89. The van der Waals surface area contributed by atoms with Crippen molar-refractivity contribution in [2.75, 3.05) is 0 Å². The monoisotopic (exact) mass is 270 g/mol. The average Bonchev–Trinajstić information content (AvgIpc) is 2.87. The van der Waals surface area contributed by atoms with Gasteiger partial charge in [0, 0.05) is 11.1 Å². The molecule has 0 spiro atoms. The van der Waals surface area contributed by atoms with E-state index in [1.54, 1.807) is 0 Å². The van der Waals surface area contributed by atoms with Crippen LogP contribution >= 0.6 is 0 Å². The van der Waals surface area contributed by atoms with E-state index >= 15 is 0 Å². The summed E-state index contributed by atoms with van der Waals surface area (Å²) in [6.07, 6.45) is -1.74. The Labute approximate surface area is 103 Å². The normalized spacial score (nSPS) is 10.5. The lowest BCUT2D eigenvalue weighted by Crippen LogP contribution is -1.94. The first-order chi connectivity index (χ1) is 9.11. The van der Waals surface area contributed by atoms with E-state index in [1.165, 1.54) is 0 Å². The zero-order valence-corrected chi connectivity index (χ0v) is 9.16. The van der Waals surface area contributed by atoms with Crippen molar-refractivity contribution < 1.29 is 17.6 Å². The van der Waals surface area contributed by atoms with Crippen LogP contribution in [0.25, 0.3) is 21.9 Å². The van der Waals surface area contributed by atoms with E-state index in [4.69, 9.17) is 5.53 Å². The molecule has 0 bridgehead atoms. The molecule has 2 aromatic rings. The van der Waals surface area contributed by atoms with E-state index in [2.05, 4.69) is 29.6 Å². The highest BCUT2D eigenvalue weighted by atomic mass is 19.3. The predicted octanol–water partition coefficient (Wildman–Crippen LogP) is 3.02. The second kappa shape index (κ2) is 5.36. The second-order valence-corrected chi connectivity index (χ2v) is 3.29. The second-order valence-electron chi connectivity index (χ2n) is 3.29. The Morgan fingerprint density at radius 3 is 2.79 bits per heavy atom. The number of pyridine rings is 1. The quantitative estimate of drug-likeness (QED) is 0.484. The van der Waals surface area contributed by atoms with Crippen LogP contribution in [0.1, 0.15) is 18.0 Å². The van der Waals surface area contributed by atoms with Crippen LogP contribution in [0.3, 0.4) is 0 Å². The maximum absolute atomic E-state index is 13.5. The average molecular weight is 270 g/mol. The summed E-state index contributed by atoms with van der Waals surface area (Å²) in [6.45, 7) is -0.255. The zero-order chi connectivity index (χ0) is 13.8. The Kier molecular flexibility index (Phi) is 3.62. The maximum Gasteiger partial charge on any atom is 0.314 e. The molecule has 2 heterocycles. The molecule has 19 heavy (non-hydrogen) atoms. The zero-order valence-electron chi connectivity index (χ0n) is 9.16. The number of nitrogens with zero attached hydrogens (tertiary/aromatic N) is 6. The van der Waals surface area contributed by atoms with Crippen molar-refractivity contribution in [1.29, 1.82) is 0 Å². The van der Waals surface area contributed by atoms with Crippen LogP contribution < -0.4 is 0 Å². The van der Waals surface area contributed by atoms with Gasteiger partial charge in [0.1, 0.15) is 5.82 Å². The first-order valence-electron chi connectivity index (χ1n) is 4.89. The van der Waals surface area contributed by atoms with Crippen LogP contribution in [-0.2, 0) is 6.54 Å². The summed E-state index contributed by atoms with van der Waals surface area (Å²) in [5, 5.41) is 9.63. The minimum atomic E-state index is -2.90. The Balaban J connectivity index is 2.30. The van der Waals surface area contributed by atoms with Crippen molar-refractivity contribution >= 4 is 0 Å². The highest BCUT2D eigenvalue weighted by Crippen LogP contribution is 2.23. The predicted molar refractivity (Wildman–Crippen MR) is 55.3 cm³/mol. The molecule has 0 aromatic carbocycles. The molecule has 0 aliphatic heterocycles. The lowest BCUT2D eigenvalue weighted by molar-refractivity contribution is 0.116. The van der Waals surface area contributed by atoms with Gasteiger partial charge in [-0.1, -0.05) is 5.11 Å². The Morgan fingerprint density at radius 2 is 2.21 bits per heavy atom. The van der Waals surface area contributed by atoms with Gasteiger partial charge in [0.2, 0.25) is 5.89 Å². The topological polar surface area (TPSA) is 101 Å². The van der Waals surface area contributed by atoms with E-state index in [1.807, 2.05) is 0 Å². The van der Waals surface area contributed by atoms with Gasteiger partial charge in [0.05, 0.1) is 17.8 Å². The fourth-order valence-electron chi connectivity index (χ4n) is 1.24. The van der Waals surface area contributed by atoms with Gasteiger partial charge in [-0.3, -0.25) is 4.98 Å². The van der Waals surface area contributed by atoms with Gasteiger partial charge >= 0.3 is 6.43 Å². The molecule has 0 amide bonds. The standard InChI is InChI=1S/C9H5F3N6O/c10-5-1-4(2-14-6(5)3-15-18-13)8-16-17-9(19-8)7(11)12/h1-2,7H,3H2. The van der Waals surface area contributed by atoms with Crippen LogP contribution in [0.15, 0.2) is 21.8 Å². The van der Waals surface area contributed by atoms with Crippen LogP contribution in [0, 0.1) is 5.82 Å². The molecule has 7 nitrogen and oxygen atoms in total. The molecule has 2 aromatic heterocycles. The van der Waals surface area contributed by atoms with Crippen molar-refractivity contribution in [2.45, 2.75) is 13.0 Å². The van der Waals surface area contributed by atoms with Crippen molar-refractivity contribution in [3.8, 4) is 11.5 Å². The van der Waals surface area contributed by atoms with Crippen molar-refractivity contribution in [2.24, 2.45) is 5.11 Å². The van der Waals surface area contributed by atoms with Gasteiger partial charge in [0.25, 0.3) is 5.89 Å². The van der Waals surface area contributed by atoms with Gasteiger partial charge in [-0.25, -0.2) is 4.39 Å². The molecular formula is C9H5F3N6O. The van der Waals surface area contributed by atoms with Crippen LogP contribution in [0.4, 0.5) is 13.2 Å². The Bertz CT molecular complexity index is 637. The van der Waals surface area contributed by atoms with E-state index < -0.39 is 18.1 Å². The summed E-state index contributed by atoms with van der Waals surface area (Å²) in [7, 11) is 0. The summed E-state index contributed by atoms with van der Waals surface area (Å²) in [5.41, 5.74) is 8.09. The third-order valence-electron chi connectivity index (χ3n) is 2.08. The van der Waals surface area contributed by atoms with Crippen molar-refractivity contribution in [3.63, 3.8) is 0 Å². The van der Waals surface area contributed by atoms with E-state index in [9.17, 15) is 13.2 Å². The van der Waals surface area contributed by atoms with E-state index in [0.717, 1.165) is 12.3 Å². The fourth-order valence-corrected chi connectivity index (χ4v) is 1.24. The molecule has 0 aliphatic carbocycles. The first kappa shape index (κ1) is 12.8. The molecule has 0 fully saturated rings. The number of hydrogen-bond acceptors (Lipinski definition) is 5. The highest BCUT2D eigenvalue weighted by Gasteiger charge is 2.18. The number of rotatable bonds is 4. The van der Waals surface area contributed by atoms with Gasteiger partial charge in [-0.05, 0) is 11.6 Å². The summed E-state index contributed by atoms with van der Waals surface area (Å²) >= 11 is 0. The smallest absolute Gasteiger partial charge is 0.314 e. The minimum absolute atomic E-state index is 0.0570. The molecule has 0 unspecified atom stereocenters. The van der Waals surface area contributed by atoms with Crippen LogP contribution in [-0.4, -0.2) is 15.2 Å². The van der Waals surface area contributed by atoms with Crippen molar-refractivity contribution in [1.82, 2.24) is 15.2 Å². The number of azide groups is 1. The Hall–Kier alpha value is -2.61. The van der Waals surface area contributed by atoms with Gasteiger partial charge < -0.3 is 4.42 Å². The fraction of sp³-hybridized carbons (Fsp3) is 0.222. The summed E-state index contributed by atoms with van der Waals surface area (Å²) in [5.74, 6) is -1.88. The number of alkyl halides is 2. The lowest BCUT2D eigenvalue weighted by Gasteiger charge is -1.99. The molecule has 2 rings (SSSR count). The van der Waals surface area contributed by atoms with Crippen LogP contribution in [0.2, 0.25) is 0 Å². The molecule has 0 atom stereocenters. The highest BCUT2D eigenvalue weighted by molar-refractivity contribution is 5.51. The molecule has 0 aliphatic rings. The number of hydrogen-bond donors (Lipinski definition) is 0. The SMILES string of the molecule is [N-]=[N+]=NCc1ncc(-c2nnc(C(F)F)o2)cc1F. The molecular weight excluding hydrogens is 265 g/mol. The van der Waals surface area contributed by atoms with E-state index in [0.29, 0.717) is 0 Å². The summed E-state index contributed by atoms with van der Waals surface area (Å²) in [6, 6.07) is 0.984. The molecule has 0 saturated heterocycles. The maximum atomic E-state index is 13.5. The largest absolute Gasteiger partial charge is 0.415 e. The molecule has 0 radical (unpaired) electrons. The Morgan fingerprint density at radius 1 is 1.42 bits per heavy atom. The molecule has 0 saturated carbocycles. The number of aromatic nitrogens is 3. The summed E-state index contributed by atoms with van der Waals surface area (Å²) < 4.78 is 42.7. The minimum Gasteiger partial charge on any atom is -0.415 e. The third kappa shape index (κ3) is 2.80. The van der Waals surface area contributed by atoms with Gasteiger partial charge in [-0.15, -0.1) is 10.2 Å². The van der Waals surface area contributed by atoms with Gasteiger partial charge in [0.15, 0.2) is 0 Å². The third-order valence-corrected chi connectivity index (χ3v) is 2.08. The van der Waals surface area contributed by atoms with E-state index in [-0.39, 0.29) is 23.7 Å². The molecule has 98 valence electrons. The van der Waals surface area contributed by atoms with Crippen LogP contribution in [0.5, 0.6) is 0 Å². The number of halogens is 3. The molecule has 10 heteroatoms. The van der Waals surface area contributed by atoms with Crippen molar-refractivity contribution in [3.05, 3.63) is 40.1 Å². The summed E-state index contributed by atoms with van der Waals surface area (Å²) in [4.78, 5) is 6.16. The lowest BCUT2D eigenvalue weighted by atomic mass is 10.2. The van der Waals surface area contributed by atoms with Gasteiger partial charge in [-0.2, -0.15) is 8.78 Å². The molecule has 0 N–H and O–H groups in total.